The summed E-state index contributed by atoms with van der Waals surface area (Å²) in [6.07, 6.45) is 3.55. The first-order valence-electron chi connectivity index (χ1n) is 11.9. The predicted molar refractivity (Wildman–Crippen MR) is 144 cm³/mol. The van der Waals surface area contributed by atoms with E-state index in [1.807, 2.05) is 49.4 Å². The summed E-state index contributed by atoms with van der Waals surface area (Å²) in [4.78, 5) is 13.2. The van der Waals surface area contributed by atoms with Crippen molar-refractivity contribution < 1.29 is 24.8 Å². The third-order valence-corrected chi connectivity index (χ3v) is 6.47. The molecule has 5 aromatic rings. The van der Waals surface area contributed by atoms with Gasteiger partial charge in [0.2, 0.25) is 0 Å². The van der Waals surface area contributed by atoms with Crippen LogP contribution in [0.25, 0.3) is 33.6 Å². The minimum Gasteiger partial charge on any atom is -0.486 e. The molecular weight excluding hydrogens is 635 g/mol. The first-order chi connectivity index (χ1) is 17.5. The van der Waals surface area contributed by atoms with Gasteiger partial charge < -0.3 is 9.72 Å². The van der Waals surface area contributed by atoms with E-state index in [4.69, 9.17) is 4.74 Å². The van der Waals surface area contributed by atoms with Crippen molar-refractivity contribution in [2.75, 3.05) is 7.11 Å². The van der Waals surface area contributed by atoms with Gasteiger partial charge in [0.25, 0.3) is 0 Å². The molecule has 2 aromatic heterocycles. The molecule has 1 aliphatic rings. The summed E-state index contributed by atoms with van der Waals surface area (Å²) in [5, 5.41) is 0. The quantitative estimate of drug-likeness (QED) is 0.194. The second kappa shape index (κ2) is 11.2. The van der Waals surface area contributed by atoms with Crippen molar-refractivity contribution in [1.29, 1.82) is 0 Å². The first-order valence-corrected chi connectivity index (χ1v) is 11.9. The van der Waals surface area contributed by atoms with Crippen LogP contribution in [0.1, 0.15) is 30.7 Å². The van der Waals surface area contributed by atoms with E-state index in [-0.39, 0.29) is 25.5 Å². The molecular formula is C32H27IrN3O-2. The number of aromatic nitrogens is 3. The van der Waals surface area contributed by atoms with Gasteiger partial charge in [-0.25, -0.2) is 4.98 Å². The largest absolute Gasteiger partial charge is 0.486 e. The molecule has 0 aliphatic heterocycles. The Balaban J connectivity index is 0.000000208. The second-order valence-corrected chi connectivity index (χ2v) is 9.21. The molecule has 2 heterocycles. The Hall–Kier alpha value is -3.66. The smallest absolute Gasteiger partial charge is 0.194 e. The van der Waals surface area contributed by atoms with E-state index < -0.39 is 0 Å². The van der Waals surface area contributed by atoms with Crippen molar-refractivity contribution in [2.24, 2.45) is 0 Å². The van der Waals surface area contributed by atoms with Crippen LogP contribution >= 0.6 is 0 Å². The number of fused-ring (bicyclic) bond motifs is 3. The van der Waals surface area contributed by atoms with E-state index in [1.165, 1.54) is 22.3 Å². The van der Waals surface area contributed by atoms with Crippen molar-refractivity contribution >= 4 is 0 Å². The van der Waals surface area contributed by atoms with E-state index in [9.17, 15) is 0 Å². The van der Waals surface area contributed by atoms with Crippen LogP contribution in [-0.4, -0.2) is 22.1 Å². The third kappa shape index (κ3) is 5.24. The predicted octanol–water partition coefficient (Wildman–Crippen LogP) is 7.11. The molecule has 37 heavy (non-hydrogen) atoms. The van der Waals surface area contributed by atoms with Crippen LogP contribution < -0.4 is 4.74 Å². The minimum atomic E-state index is -0.0405. The molecule has 1 aliphatic carbocycles. The Kier molecular flexibility index (Phi) is 7.97. The maximum absolute atomic E-state index is 5.42. The molecule has 5 heteroatoms. The molecule has 1 radical (unpaired) electrons. The standard InChI is InChI=1S/C21H19N2O.C11H8N.Ir/c1-13-12-22-19(20(23-13)24-4)14-9-10-16-15-7-5-6-8-17(15)21(2,3)18(16)11-14;1-2-6-10(7-3-1)11-8-4-5-9-12-11;/h5-8,10-12H,1-4H3;1-6,8-9H;/q2*-1;. The van der Waals surface area contributed by atoms with Gasteiger partial charge in [0.15, 0.2) is 5.88 Å². The number of hydrogen-bond donors (Lipinski definition) is 0. The number of pyridine rings is 1. The molecule has 6 rings (SSSR count). The molecule has 0 fully saturated rings. The van der Waals surface area contributed by atoms with Crippen LogP contribution in [-0.2, 0) is 25.5 Å². The number of methoxy groups -OCH3 is 1. The normalized spacial score (nSPS) is 12.3. The van der Waals surface area contributed by atoms with Crippen molar-refractivity contribution in [2.45, 2.75) is 26.2 Å². The Morgan fingerprint density at radius 2 is 1.59 bits per heavy atom. The molecule has 0 N–H and O–H groups in total. The van der Waals surface area contributed by atoms with Gasteiger partial charge in [-0.2, -0.15) is 0 Å². The van der Waals surface area contributed by atoms with Gasteiger partial charge in [0.05, 0.1) is 12.8 Å². The number of benzene rings is 3. The summed E-state index contributed by atoms with van der Waals surface area (Å²) < 4.78 is 5.42. The van der Waals surface area contributed by atoms with Crippen molar-refractivity contribution in [3.05, 3.63) is 120 Å². The Morgan fingerprint density at radius 3 is 2.32 bits per heavy atom. The van der Waals surface area contributed by atoms with Crippen molar-refractivity contribution in [1.82, 2.24) is 15.0 Å². The topological polar surface area (TPSA) is 47.9 Å². The number of rotatable bonds is 3. The molecule has 3 aromatic carbocycles. The van der Waals surface area contributed by atoms with Crippen molar-refractivity contribution in [3.8, 4) is 39.5 Å². The molecule has 0 unspecified atom stereocenters. The number of nitrogens with zero attached hydrogens (tertiary/aromatic N) is 3. The molecule has 0 bridgehead atoms. The van der Waals surface area contributed by atoms with E-state index in [0.717, 1.165) is 28.2 Å². The number of aryl methyl sites for hydroxylation is 1. The van der Waals surface area contributed by atoms with Gasteiger partial charge in [0, 0.05) is 38.2 Å². The molecule has 0 spiro atoms. The Bertz CT molecular complexity index is 1460. The Morgan fingerprint density at radius 1 is 0.811 bits per heavy atom. The number of hydrogen-bond acceptors (Lipinski definition) is 4. The Labute approximate surface area is 232 Å². The van der Waals surface area contributed by atoms with Gasteiger partial charge in [-0.3, -0.25) is 4.98 Å². The number of ether oxygens (including phenoxy) is 1. The van der Waals surface area contributed by atoms with Crippen LogP contribution in [0.15, 0.2) is 91.3 Å². The SMILES string of the molecule is COc1nc(C)cnc1-c1[c-]cc2c(c1)C(C)(C)c1ccccc1-2.[Ir].[c-]1ccccc1-c1ccccn1. The van der Waals surface area contributed by atoms with Gasteiger partial charge in [0.1, 0.15) is 0 Å². The van der Waals surface area contributed by atoms with Crippen LogP contribution in [0.2, 0.25) is 0 Å². The van der Waals surface area contributed by atoms with Gasteiger partial charge >= 0.3 is 0 Å². The monoisotopic (exact) mass is 662 g/mol. The third-order valence-electron chi connectivity index (χ3n) is 6.47. The molecule has 187 valence electrons. The molecule has 0 saturated carbocycles. The summed E-state index contributed by atoms with van der Waals surface area (Å²) in [6.45, 7) is 6.43. The van der Waals surface area contributed by atoms with E-state index in [2.05, 4.69) is 77.3 Å². The zero-order valence-electron chi connectivity index (χ0n) is 21.2. The van der Waals surface area contributed by atoms with Crippen LogP contribution in [0, 0.1) is 19.1 Å². The zero-order chi connectivity index (χ0) is 25.1. The maximum Gasteiger partial charge on any atom is 0.194 e. The second-order valence-electron chi connectivity index (χ2n) is 9.21. The molecule has 4 nitrogen and oxygen atoms in total. The zero-order valence-corrected chi connectivity index (χ0v) is 23.6. The fourth-order valence-corrected chi connectivity index (χ4v) is 4.63. The van der Waals surface area contributed by atoms with Crippen LogP contribution in [0.5, 0.6) is 5.88 Å². The van der Waals surface area contributed by atoms with Gasteiger partial charge in [-0.05, 0) is 29.7 Å². The summed E-state index contributed by atoms with van der Waals surface area (Å²) in [5.41, 5.74) is 9.65. The van der Waals surface area contributed by atoms with E-state index in [0.29, 0.717) is 5.88 Å². The maximum atomic E-state index is 5.42. The van der Waals surface area contributed by atoms with E-state index >= 15 is 0 Å². The van der Waals surface area contributed by atoms with Gasteiger partial charge in [-0.1, -0.05) is 61.4 Å². The fourth-order valence-electron chi connectivity index (χ4n) is 4.63. The van der Waals surface area contributed by atoms with Crippen LogP contribution in [0.4, 0.5) is 0 Å². The average Bonchev–Trinajstić information content (AvgIpc) is 3.16. The molecule has 0 saturated heterocycles. The van der Waals surface area contributed by atoms with Crippen molar-refractivity contribution in [3.63, 3.8) is 0 Å². The minimum absolute atomic E-state index is 0. The molecule has 0 atom stereocenters. The molecule has 0 amide bonds. The first kappa shape index (κ1) is 26.4. The van der Waals surface area contributed by atoms with Crippen LogP contribution in [0.3, 0.4) is 0 Å². The van der Waals surface area contributed by atoms with Gasteiger partial charge in [-0.15, -0.1) is 65.2 Å². The van der Waals surface area contributed by atoms with E-state index in [1.54, 1.807) is 19.5 Å². The average molecular weight is 662 g/mol. The summed E-state index contributed by atoms with van der Waals surface area (Å²) in [5.74, 6) is 0.541. The fraction of sp³-hybridized carbons (Fsp3) is 0.156. The summed E-state index contributed by atoms with van der Waals surface area (Å²) in [7, 11) is 1.63. The summed E-state index contributed by atoms with van der Waals surface area (Å²) >= 11 is 0. The summed E-state index contributed by atoms with van der Waals surface area (Å²) in [6, 6.07) is 33.0.